The molecular formula is C19H23NO2. The van der Waals surface area contributed by atoms with Gasteiger partial charge in [0.1, 0.15) is 12.4 Å². The molecular weight excluding hydrogens is 274 g/mol. The molecule has 0 unspecified atom stereocenters. The van der Waals surface area contributed by atoms with Gasteiger partial charge in [-0.05, 0) is 37.4 Å². The summed E-state index contributed by atoms with van der Waals surface area (Å²) >= 11 is 0. The predicted octanol–water partition coefficient (Wildman–Crippen LogP) is 3.81. The van der Waals surface area contributed by atoms with Crippen molar-refractivity contribution in [2.45, 2.75) is 25.7 Å². The second-order valence-electron chi connectivity index (χ2n) is 5.95. The van der Waals surface area contributed by atoms with Gasteiger partial charge in [-0.15, -0.1) is 0 Å². The highest BCUT2D eigenvalue weighted by Crippen LogP contribution is 2.33. The van der Waals surface area contributed by atoms with Crippen molar-refractivity contribution in [1.82, 2.24) is 5.32 Å². The van der Waals surface area contributed by atoms with Gasteiger partial charge in [0.25, 0.3) is 0 Å². The van der Waals surface area contributed by atoms with Gasteiger partial charge in [-0.1, -0.05) is 37.1 Å². The van der Waals surface area contributed by atoms with E-state index < -0.39 is 0 Å². The lowest BCUT2D eigenvalue weighted by atomic mass is 9.92. The minimum absolute atomic E-state index is 0.208. The van der Waals surface area contributed by atoms with Crippen molar-refractivity contribution in [1.29, 1.82) is 0 Å². The fraction of sp³-hybridized carbons (Fsp3) is 0.421. The Bertz CT molecular complexity index is 660. The van der Waals surface area contributed by atoms with Crippen LogP contribution in [0.4, 0.5) is 0 Å². The van der Waals surface area contributed by atoms with Crippen LogP contribution in [0.15, 0.2) is 36.4 Å². The van der Waals surface area contributed by atoms with E-state index in [4.69, 9.17) is 4.74 Å². The molecule has 116 valence electrons. The van der Waals surface area contributed by atoms with Crippen LogP contribution < -0.4 is 10.1 Å². The number of hydrogen-bond donors (Lipinski definition) is 1. The molecule has 1 aliphatic rings. The number of carbonyl (C=O) groups excluding carboxylic acids is 1. The molecule has 0 saturated heterocycles. The van der Waals surface area contributed by atoms with Gasteiger partial charge in [0, 0.05) is 23.4 Å². The zero-order chi connectivity index (χ0) is 15.4. The lowest BCUT2D eigenvalue weighted by molar-refractivity contribution is 0.0924. The van der Waals surface area contributed by atoms with E-state index in [1.165, 1.54) is 12.8 Å². The Hall–Kier alpha value is -1.87. The number of nitrogens with one attached hydrogen (secondary N) is 1. The third kappa shape index (κ3) is 3.00. The number of ketones is 1. The first-order chi connectivity index (χ1) is 10.8. The summed E-state index contributed by atoms with van der Waals surface area (Å²) in [4.78, 5) is 12.8. The Morgan fingerprint density at radius 3 is 2.59 bits per heavy atom. The molecule has 3 heteroatoms. The number of hydrogen-bond acceptors (Lipinski definition) is 3. The first-order valence-electron chi connectivity index (χ1n) is 8.14. The van der Waals surface area contributed by atoms with Crippen LogP contribution in [0, 0.1) is 5.92 Å². The molecule has 2 aromatic carbocycles. The molecule has 0 aromatic heterocycles. The van der Waals surface area contributed by atoms with Crippen molar-refractivity contribution in [3.05, 3.63) is 42.0 Å². The summed E-state index contributed by atoms with van der Waals surface area (Å²) in [6.45, 7) is 1.42. The molecule has 1 fully saturated rings. The summed E-state index contributed by atoms with van der Waals surface area (Å²) in [7, 11) is 1.91. The maximum atomic E-state index is 12.8. The van der Waals surface area contributed by atoms with Crippen molar-refractivity contribution in [3.8, 4) is 5.75 Å². The molecule has 0 spiro atoms. The fourth-order valence-corrected chi connectivity index (χ4v) is 3.28. The monoisotopic (exact) mass is 297 g/mol. The Morgan fingerprint density at radius 2 is 1.86 bits per heavy atom. The summed E-state index contributed by atoms with van der Waals surface area (Å²) in [6.07, 6.45) is 4.43. The third-order valence-electron chi connectivity index (χ3n) is 4.49. The molecule has 0 amide bonds. The molecule has 1 aliphatic carbocycles. The molecule has 0 radical (unpaired) electrons. The summed E-state index contributed by atoms with van der Waals surface area (Å²) in [5.41, 5.74) is 0.850. The van der Waals surface area contributed by atoms with Gasteiger partial charge < -0.3 is 10.1 Å². The lowest BCUT2D eigenvalue weighted by Gasteiger charge is -2.14. The topological polar surface area (TPSA) is 38.3 Å². The number of benzene rings is 2. The quantitative estimate of drug-likeness (QED) is 0.651. The van der Waals surface area contributed by atoms with Crippen LogP contribution in [0.5, 0.6) is 5.75 Å². The number of likely N-dealkylation sites (N-methyl/N-ethyl adjacent to an activating group) is 1. The van der Waals surface area contributed by atoms with Crippen LogP contribution in [0.3, 0.4) is 0 Å². The van der Waals surface area contributed by atoms with Crippen LogP contribution in [-0.2, 0) is 0 Å². The maximum absolute atomic E-state index is 12.8. The lowest BCUT2D eigenvalue weighted by Crippen LogP contribution is -2.16. The first-order valence-corrected chi connectivity index (χ1v) is 8.14. The highest BCUT2D eigenvalue weighted by molar-refractivity contribution is 6.10. The summed E-state index contributed by atoms with van der Waals surface area (Å²) in [5.74, 6) is 1.36. The molecule has 3 rings (SSSR count). The molecule has 0 aliphatic heterocycles. The smallest absolute Gasteiger partial charge is 0.166 e. The minimum Gasteiger partial charge on any atom is -0.492 e. The Morgan fingerprint density at radius 1 is 1.14 bits per heavy atom. The zero-order valence-corrected chi connectivity index (χ0v) is 13.1. The number of ether oxygens (including phenoxy) is 1. The Labute approximate surface area is 131 Å². The largest absolute Gasteiger partial charge is 0.492 e. The highest BCUT2D eigenvalue weighted by Gasteiger charge is 2.25. The Kier molecular flexibility index (Phi) is 4.74. The molecule has 1 saturated carbocycles. The summed E-state index contributed by atoms with van der Waals surface area (Å²) in [6, 6.07) is 11.9. The molecule has 0 bridgehead atoms. The van der Waals surface area contributed by atoms with Gasteiger partial charge in [-0.2, -0.15) is 0 Å². The second-order valence-corrected chi connectivity index (χ2v) is 5.95. The molecule has 1 N–H and O–H groups in total. The fourth-order valence-electron chi connectivity index (χ4n) is 3.28. The minimum atomic E-state index is 0.208. The standard InChI is InChI=1S/C19H23NO2/c1-20-12-13-22-18-11-10-17(15-8-4-5-9-16(15)18)19(21)14-6-2-3-7-14/h4-5,8-11,14,20H,2-3,6-7,12-13H2,1H3. The number of Topliss-reactive ketones (excluding diaryl/α,β-unsaturated/α-hetero) is 1. The van der Waals surface area contributed by atoms with E-state index in [0.29, 0.717) is 12.4 Å². The second kappa shape index (κ2) is 6.93. The van der Waals surface area contributed by atoms with Gasteiger partial charge >= 0.3 is 0 Å². The summed E-state index contributed by atoms with van der Waals surface area (Å²) < 4.78 is 5.85. The highest BCUT2D eigenvalue weighted by atomic mass is 16.5. The van der Waals surface area contributed by atoms with Gasteiger partial charge in [0.05, 0.1) is 0 Å². The molecule has 2 aromatic rings. The van der Waals surface area contributed by atoms with Crippen molar-refractivity contribution in [2.24, 2.45) is 5.92 Å². The SMILES string of the molecule is CNCCOc1ccc(C(=O)C2CCCC2)c2ccccc12. The first kappa shape index (κ1) is 15.0. The van der Waals surface area contributed by atoms with E-state index in [1.54, 1.807) is 0 Å². The van der Waals surface area contributed by atoms with Crippen LogP contribution in [-0.4, -0.2) is 26.0 Å². The number of fused-ring (bicyclic) bond motifs is 1. The van der Waals surface area contributed by atoms with Crippen LogP contribution in [0.1, 0.15) is 36.0 Å². The van der Waals surface area contributed by atoms with Gasteiger partial charge in [-0.25, -0.2) is 0 Å². The third-order valence-corrected chi connectivity index (χ3v) is 4.49. The van der Waals surface area contributed by atoms with Gasteiger partial charge in [0.2, 0.25) is 0 Å². The normalized spacial score (nSPS) is 15.3. The van der Waals surface area contributed by atoms with E-state index >= 15 is 0 Å². The van der Waals surface area contributed by atoms with Crippen molar-refractivity contribution >= 4 is 16.6 Å². The van der Waals surface area contributed by atoms with Crippen molar-refractivity contribution < 1.29 is 9.53 Å². The average Bonchev–Trinajstić information content (AvgIpc) is 3.09. The van der Waals surface area contributed by atoms with E-state index in [0.717, 1.165) is 41.5 Å². The van der Waals surface area contributed by atoms with E-state index in [9.17, 15) is 4.79 Å². The molecule has 22 heavy (non-hydrogen) atoms. The van der Waals surface area contributed by atoms with E-state index in [-0.39, 0.29) is 5.92 Å². The summed E-state index contributed by atoms with van der Waals surface area (Å²) in [5, 5.41) is 5.12. The van der Waals surface area contributed by atoms with Crippen LogP contribution >= 0.6 is 0 Å². The molecule has 0 heterocycles. The van der Waals surface area contributed by atoms with Crippen LogP contribution in [0.2, 0.25) is 0 Å². The van der Waals surface area contributed by atoms with Gasteiger partial charge in [-0.3, -0.25) is 4.79 Å². The van der Waals surface area contributed by atoms with Crippen molar-refractivity contribution in [3.63, 3.8) is 0 Å². The van der Waals surface area contributed by atoms with Crippen molar-refractivity contribution in [2.75, 3.05) is 20.2 Å². The number of rotatable bonds is 6. The molecule has 3 nitrogen and oxygen atoms in total. The Balaban J connectivity index is 1.95. The van der Waals surface area contributed by atoms with Crippen LogP contribution in [0.25, 0.3) is 10.8 Å². The van der Waals surface area contributed by atoms with E-state index in [1.807, 2.05) is 43.4 Å². The maximum Gasteiger partial charge on any atom is 0.166 e. The molecule has 0 atom stereocenters. The van der Waals surface area contributed by atoms with E-state index in [2.05, 4.69) is 5.32 Å². The predicted molar refractivity (Wildman–Crippen MR) is 89.7 cm³/mol. The number of carbonyl (C=O) groups is 1. The van der Waals surface area contributed by atoms with Gasteiger partial charge in [0.15, 0.2) is 5.78 Å². The average molecular weight is 297 g/mol. The zero-order valence-electron chi connectivity index (χ0n) is 13.1.